The van der Waals surface area contributed by atoms with E-state index in [4.69, 9.17) is 23.1 Å². The molecule has 122 valence electrons. The molecule has 2 aromatic carbocycles. The van der Waals surface area contributed by atoms with E-state index in [1.807, 2.05) is 19.1 Å². The van der Waals surface area contributed by atoms with E-state index in [1.165, 1.54) is 0 Å². The van der Waals surface area contributed by atoms with Crippen LogP contribution in [0.25, 0.3) is 0 Å². The third-order valence-corrected chi connectivity index (χ3v) is 7.13. The van der Waals surface area contributed by atoms with E-state index in [-0.39, 0.29) is 17.4 Å². The summed E-state index contributed by atoms with van der Waals surface area (Å²) in [5.41, 5.74) is 13.0. The van der Waals surface area contributed by atoms with E-state index in [0.29, 0.717) is 5.02 Å². The molecule has 0 spiro atoms. The van der Waals surface area contributed by atoms with Crippen LogP contribution < -0.4 is 11.5 Å². The predicted octanol–water partition coefficient (Wildman–Crippen LogP) is 2.24. The Morgan fingerprint density at radius 2 is 1.65 bits per heavy atom. The lowest BCUT2D eigenvalue weighted by molar-refractivity contribution is 0.586. The highest BCUT2D eigenvalue weighted by molar-refractivity contribution is 7.92. The van der Waals surface area contributed by atoms with Crippen LogP contribution >= 0.6 is 11.6 Å². The van der Waals surface area contributed by atoms with Gasteiger partial charge in [0, 0.05) is 17.5 Å². The molecule has 1 saturated carbocycles. The van der Waals surface area contributed by atoms with Gasteiger partial charge in [0.2, 0.25) is 0 Å². The fraction of sp³-hybridized carbons (Fsp3) is 0.294. The first-order valence-electron chi connectivity index (χ1n) is 7.35. The summed E-state index contributed by atoms with van der Waals surface area (Å²) in [7, 11) is -3.55. The first kappa shape index (κ1) is 16.5. The highest BCUT2D eigenvalue weighted by atomic mass is 35.5. The molecule has 0 amide bonds. The van der Waals surface area contributed by atoms with E-state index in [1.54, 1.807) is 36.4 Å². The largest absolute Gasteiger partial charge is 0.329 e. The molecular formula is C17H19ClN2O2S. The molecule has 0 aromatic heterocycles. The van der Waals surface area contributed by atoms with Gasteiger partial charge in [-0.05, 0) is 36.8 Å². The molecule has 1 aliphatic rings. The van der Waals surface area contributed by atoms with Gasteiger partial charge in [0.05, 0.1) is 15.7 Å². The van der Waals surface area contributed by atoms with Crippen molar-refractivity contribution in [2.45, 2.75) is 28.5 Å². The zero-order valence-corrected chi connectivity index (χ0v) is 14.3. The van der Waals surface area contributed by atoms with E-state index in [0.717, 1.165) is 11.1 Å². The molecule has 0 radical (unpaired) electrons. The summed E-state index contributed by atoms with van der Waals surface area (Å²) < 4.78 is 25.9. The van der Waals surface area contributed by atoms with Crippen LogP contribution in [-0.4, -0.2) is 25.8 Å². The molecule has 1 aliphatic carbocycles. The van der Waals surface area contributed by atoms with Gasteiger partial charge in [0.1, 0.15) is 0 Å². The van der Waals surface area contributed by atoms with Crippen LogP contribution in [0.1, 0.15) is 17.0 Å². The van der Waals surface area contributed by atoms with Gasteiger partial charge in [0.25, 0.3) is 0 Å². The van der Waals surface area contributed by atoms with Crippen LogP contribution in [0.5, 0.6) is 0 Å². The Balaban J connectivity index is 2.01. The van der Waals surface area contributed by atoms with Crippen molar-refractivity contribution in [3.63, 3.8) is 0 Å². The number of rotatable bonds is 4. The summed E-state index contributed by atoms with van der Waals surface area (Å²) in [6.45, 7) is 2.02. The molecule has 3 rings (SSSR count). The van der Waals surface area contributed by atoms with E-state index >= 15 is 0 Å². The second-order valence-electron chi connectivity index (χ2n) is 6.12. The number of hydrogen-bond acceptors (Lipinski definition) is 4. The minimum Gasteiger partial charge on any atom is -0.329 e. The van der Waals surface area contributed by atoms with Crippen LogP contribution in [0, 0.1) is 6.92 Å². The summed E-state index contributed by atoms with van der Waals surface area (Å²) in [6.07, 6.45) is 0. The fourth-order valence-electron chi connectivity index (χ4n) is 3.16. The van der Waals surface area contributed by atoms with Crippen molar-refractivity contribution in [3.8, 4) is 0 Å². The molecule has 4 N–H and O–H groups in total. The second-order valence-corrected chi connectivity index (χ2v) is 8.63. The first-order valence-corrected chi connectivity index (χ1v) is 9.28. The van der Waals surface area contributed by atoms with Crippen LogP contribution in [0.4, 0.5) is 0 Å². The normalized spacial score (nSPS) is 27.0. The molecule has 0 heterocycles. The number of benzene rings is 2. The third-order valence-electron chi connectivity index (χ3n) is 4.57. The van der Waals surface area contributed by atoms with Gasteiger partial charge >= 0.3 is 0 Å². The first-order chi connectivity index (χ1) is 10.8. The maximum absolute atomic E-state index is 13.0. The van der Waals surface area contributed by atoms with Gasteiger partial charge in [-0.15, -0.1) is 0 Å². The molecule has 3 atom stereocenters. The second kappa shape index (κ2) is 5.60. The standard InChI is InChI=1S/C17H19ClN2O2S/c1-11-2-8-14(9-3-11)23(21,22)16-15(17(16,20)10-19)12-4-6-13(18)7-5-12/h2-9,15-16H,10,19-20H2,1H3/t15-,16+,17+/m1/s1. The highest BCUT2D eigenvalue weighted by Gasteiger charge is 2.68. The molecular weight excluding hydrogens is 332 g/mol. The summed E-state index contributed by atoms with van der Waals surface area (Å²) in [6, 6.07) is 13.9. The van der Waals surface area contributed by atoms with Gasteiger partial charge < -0.3 is 11.5 Å². The summed E-state index contributed by atoms with van der Waals surface area (Å²) in [4.78, 5) is 0.285. The van der Waals surface area contributed by atoms with E-state index < -0.39 is 20.6 Å². The van der Waals surface area contributed by atoms with Gasteiger partial charge in [0.15, 0.2) is 9.84 Å². The molecule has 2 aromatic rings. The number of halogens is 1. The lowest BCUT2D eigenvalue weighted by Gasteiger charge is -2.09. The Kier molecular flexibility index (Phi) is 4.01. The molecule has 1 fully saturated rings. The van der Waals surface area contributed by atoms with Gasteiger partial charge in [-0.2, -0.15) is 0 Å². The highest BCUT2D eigenvalue weighted by Crippen LogP contribution is 2.55. The third kappa shape index (κ3) is 2.68. The van der Waals surface area contributed by atoms with E-state index in [2.05, 4.69) is 0 Å². The van der Waals surface area contributed by atoms with Crippen LogP contribution in [0.2, 0.25) is 5.02 Å². The lowest BCUT2D eigenvalue weighted by Crippen LogP contribution is -2.39. The van der Waals surface area contributed by atoms with Crippen molar-refractivity contribution in [2.75, 3.05) is 6.54 Å². The quantitative estimate of drug-likeness (QED) is 0.885. The number of nitrogens with two attached hydrogens (primary N) is 2. The van der Waals surface area contributed by atoms with Crippen molar-refractivity contribution >= 4 is 21.4 Å². The maximum Gasteiger partial charge on any atom is 0.183 e. The van der Waals surface area contributed by atoms with Crippen molar-refractivity contribution in [1.82, 2.24) is 0 Å². The van der Waals surface area contributed by atoms with Gasteiger partial charge in [-0.25, -0.2) is 8.42 Å². The molecule has 4 nitrogen and oxygen atoms in total. The van der Waals surface area contributed by atoms with Crippen LogP contribution in [0.15, 0.2) is 53.4 Å². The lowest BCUT2D eigenvalue weighted by atomic mass is 10.1. The Morgan fingerprint density at radius 3 is 2.17 bits per heavy atom. The number of hydrogen-bond donors (Lipinski definition) is 2. The average molecular weight is 351 g/mol. The fourth-order valence-corrected chi connectivity index (χ4v) is 5.61. The Morgan fingerprint density at radius 1 is 1.09 bits per heavy atom. The zero-order chi connectivity index (χ0) is 16.8. The summed E-state index contributed by atoms with van der Waals surface area (Å²) in [5.74, 6) is -0.323. The molecule has 0 aliphatic heterocycles. The van der Waals surface area contributed by atoms with Crippen molar-refractivity contribution in [2.24, 2.45) is 11.5 Å². The van der Waals surface area contributed by atoms with Gasteiger partial charge in [-0.3, -0.25) is 0 Å². The van der Waals surface area contributed by atoms with Crippen molar-refractivity contribution in [1.29, 1.82) is 0 Å². The monoisotopic (exact) mass is 350 g/mol. The average Bonchev–Trinajstić information content (AvgIpc) is 3.16. The minimum atomic E-state index is -3.55. The van der Waals surface area contributed by atoms with Crippen molar-refractivity contribution < 1.29 is 8.42 Å². The maximum atomic E-state index is 13.0. The molecule has 0 saturated heterocycles. The van der Waals surface area contributed by atoms with Gasteiger partial charge in [-0.1, -0.05) is 41.4 Å². The molecule has 0 unspecified atom stereocenters. The summed E-state index contributed by atoms with van der Waals surface area (Å²) >= 11 is 5.90. The molecule has 6 heteroatoms. The molecule has 23 heavy (non-hydrogen) atoms. The number of aryl methyl sites for hydroxylation is 1. The number of sulfone groups is 1. The Bertz CT molecular complexity index is 819. The topological polar surface area (TPSA) is 86.2 Å². The predicted molar refractivity (Wildman–Crippen MR) is 92.3 cm³/mol. The van der Waals surface area contributed by atoms with Crippen LogP contribution in [0.3, 0.4) is 0 Å². The molecule has 0 bridgehead atoms. The zero-order valence-electron chi connectivity index (χ0n) is 12.7. The smallest absolute Gasteiger partial charge is 0.183 e. The van der Waals surface area contributed by atoms with E-state index in [9.17, 15) is 8.42 Å². The Labute approximate surface area is 141 Å². The minimum absolute atomic E-state index is 0.107. The van der Waals surface area contributed by atoms with Crippen molar-refractivity contribution in [3.05, 3.63) is 64.7 Å². The SMILES string of the molecule is Cc1ccc(S(=O)(=O)[C@H]2[C@@H](c3ccc(Cl)cc3)[C@@]2(N)CN)cc1. The van der Waals surface area contributed by atoms with Crippen LogP contribution in [-0.2, 0) is 9.84 Å². The Hall–Kier alpha value is -1.40. The summed E-state index contributed by atoms with van der Waals surface area (Å²) in [5, 5.41) is -0.119.